The molecule has 0 unspecified atom stereocenters. The molecule has 6 heteroatoms. The molecule has 136 valence electrons. The standard InChI is InChI=1S/C19H27N3O3/c1-12(2)9-10-19(5)17(24)22(18(25)21-19)11-15(23)20-16-13(3)7-6-8-14(16)4/h6-8,12H,9-11H2,1-5H3,(H,20,23)(H,21,25)/t19-/m0/s1. The number of para-hydroxylation sites is 1. The van der Waals surface area contributed by atoms with Crippen LogP contribution in [0.5, 0.6) is 0 Å². The number of carbonyl (C=O) groups is 3. The molecular formula is C19H27N3O3. The van der Waals surface area contributed by atoms with E-state index in [1.165, 1.54) is 0 Å². The van der Waals surface area contributed by atoms with Crippen LogP contribution in [0.4, 0.5) is 10.5 Å². The Kier molecular flexibility index (Phi) is 5.50. The van der Waals surface area contributed by atoms with Crippen molar-refractivity contribution in [3.05, 3.63) is 29.3 Å². The fraction of sp³-hybridized carbons (Fsp3) is 0.526. The van der Waals surface area contributed by atoms with E-state index in [1.807, 2.05) is 32.0 Å². The summed E-state index contributed by atoms with van der Waals surface area (Å²) in [6.45, 7) is 9.38. The Morgan fingerprint density at radius 2 is 1.84 bits per heavy atom. The molecule has 6 nitrogen and oxygen atoms in total. The van der Waals surface area contributed by atoms with Gasteiger partial charge in [-0.15, -0.1) is 0 Å². The first kappa shape index (κ1) is 19.0. The molecule has 0 saturated carbocycles. The molecule has 0 spiro atoms. The van der Waals surface area contributed by atoms with Gasteiger partial charge in [0.1, 0.15) is 12.1 Å². The summed E-state index contributed by atoms with van der Waals surface area (Å²) in [5.74, 6) is -0.285. The fourth-order valence-electron chi connectivity index (χ4n) is 2.97. The lowest BCUT2D eigenvalue weighted by atomic mass is 9.92. The Labute approximate surface area is 149 Å². The number of hydrogen-bond acceptors (Lipinski definition) is 3. The summed E-state index contributed by atoms with van der Waals surface area (Å²) in [5, 5.41) is 5.55. The lowest BCUT2D eigenvalue weighted by Crippen LogP contribution is -2.44. The van der Waals surface area contributed by atoms with E-state index in [9.17, 15) is 14.4 Å². The maximum atomic E-state index is 12.6. The van der Waals surface area contributed by atoms with Crippen molar-refractivity contribution in [1.29, 1.82) is 0 Å². The van der Waals surface area contributed by atoms with E-state index >= 15 is 0 Å². The number of imide groups is 1. The number of anilines is 1. The van der Waals surface area contributed by atoms with Crippen molar-refractivity contribution in [3.8, 4) is 0 Å². The predicted octanol–water partition coefficient (Wildman–Crippen LogP) is 2.99. The molecule has 25 heavy (non-hydrogen) atoms. The van der Waals surface area contributed by atoms with Crippen LogP contribution in [0.25, 0.3) is 0 Å². The number of urea groups is 1. The summed E-state index contributed by atoms with van der Waals surface area (Å²) < 4.78 is 0. The predicted molar refractivity (Wildman–Crippen MR) is 97.3 cm³/mol. The highest BCUT2D eigenvalue weighted by Crippen LogP contribution is 2.25. The Morgan fingerprint density at radius 1 is 1.24 bits per heavy atom. The van der Waals surface area contributed by atoms with Crippen molar-refractivity contribution in [2.75, 3.05) is 11.9 Å². The van der Waals surface area contributed by atoms with E-state index in [1.54, 1.807) is 6.92 Å². The van der Waals surface area contributed by atoms with Crippen molar-refractivity contribution in [3.63, 3.8) is 0 Å². The van der Waals surface area contributed by atoms with E-state index in [0.717, 1.165) is 28.1 Å². The highest BCUT2D eigenvalue weighted by atomic mass is 16.2. The van der Waals surface area contributed by atoms with Gasteiger partial charge in [0.05, 0.1) is 0 Å². The SMILES string of the molecule is Cc1cccc(C)c1NC(=O)CN1C(=O)N[C@@](C)(CCC(C)C)C1=O. The number of amides is 4. The minimum atomic E-state index is -0.930. The molecule has 1 aliphatic heterocycles. The van der Waals surface area contributed by atoms with Crippen LogP contribution in [-0.2, 0) is 9.59 Å². The van der Waals surface area contributed by atoms with Crippen LogP contribution in [-0.4, -0.2) is 34.8 Å². The summed E-state index contributed by atoms with van der Waals surface area (Å²) in [6.07, 6.45) is 1.38. The summed E-state index contributed by atoms with van der Waals surface area (Å²) in [6, 6.07) is 5.21. The van der Waals surface area contributed by atoms with Gasteiger partial charge in [0, 0.05) is 5.69 Å². The Balaban J connectivity index is 2.06. The van der Waals surface area contributed by atoms with Crippen LogP contribution in [0.2, 0.25) is 0 Å². The number of nitrogens with zero attached hydrogens (tertiary/aromatic N) is 1. The number of benzene rings is 1. The largest absolute Gasteiger partial charge is 0.325 e. The van der Waals surface area contributed by atoms with Gasteiger partial charge < -0.3 is 10.6 Å². The van der Waals surface area contributed by atoms with E-state index in [-0.39, 0.29) is 18.4 Å². The van der Waals surface area contributed by atoms with Gasteiger partial charge in [-0.1, -0.05) is 32.0 Å². The number of carbonyl (C=O) groups excluding carboxylic acids is 3. The average Bonchev–Trinajstić information content (AvgIpc) is 2.73. The molecule has 1 heterocycles. The molecule has 1 saturated heterocycles. The molecule has 1 fully saturated rings. The third-order valence-electron chi connectivity index (χ3n) is 4.61. The molecule has 2 N–H and O–H groups in total. The molecule has 2 rings (SSSR count). The van der Waals surface area contributed by atoms with E-state index in [2.05, 4.69) is 24.5 Å². The molecule has 0 aliphatic carbocycles. The van der Waals surface area contributed by atoms with Gasteiger partial charge in [0.25, 0.3) is 5.91 Å². The lowest BCUT2D eigenvalue weighted by Gasteiger charge is -2.22. The zero-order chi connectivity index (χ0) is 18.8. The number of rotatable bonds is 6. The molecule has 0 radical (unpaired) electrons. The van der Waals surface area contributed by atoms with Gasteiger partial charge in [-0.3, -0.25) is 14.5 Å². The Bertz CT molecular complexity index is 679. The van der Waals surface area contributed by atoms with Gasteiger partial charge in [-0.2, -0.15) is 0 Å². The quantitative estimate of drug-likeness (QED) is 0.778. The highest BCUT2D eigenvalue weighted by Gasteiger charge is 2.47. The van der Waals surface area contributed by atoms with Crippen LogP contribution < -0.4 is 10.6 Å². The molecule has 0 bridgehead atoms. The minimum Gasteiger partial charge on any atom is -0.324 e. The average molecular weight is 345 g/mol. The van der Waals surface area contributed by atoms with Gasteiger partial charge in [0.15, 0.2) is 0 Å². The zero-order valence-electron chi connectivity index (χ0n) is 15.6. The second kappa shape index (κ2) is 7.25. The molecule has 1 aromatic rings. The fourth-order valence-corrected chi connectivity index (χ4v) is 2.97. The van der Waals surface area contributed by atoms with Crippen molar-refractivity contribution in [1.82, 2.24) is 10.2 Å². The monoisotopic (exact) mass is 345 g/mol. The van der Waals surface area contributed by atoms with Crippen LogP contribution in [0, 0.1) is 19.8 Å². The Morgan fingerprint density at radius 3 is 2.40 bits per heavy atom. The number of hydrogen-bond donors (Lipinski definition) is 2. The molecule has 1 atom stereocenters. The smallest absolute Gasteiger partial charge is 0.324 e. The van der Waals surface area contributed by atoms with Gasteiger partial charge >= 0.3 is 6.03 Å². The first-order valence-electron chi connectivity index (χ1n) is 8.64. The highest BCUT2D eigenvalue weighted by molar-refractivity contribution is 6.10. The molecule has 4 amide bonds. The first-order chi connectivity index (χ1) is 11.6. The number of aryl methyl sites for hydroxylation is 2. The first-order valence-corrected chi connectivity index (χ1v) is 8.64. The van der Waals surface area contributed by atoms with Crippen molar-refractivity contribution in [2.45, 2.75) is 53.0 Å². The second-order valence-electron chi connectivity index (χ2n) is 7.40. The van der Waals surface area contributed by atoms with Crippen LogP contribution >= 0.6 is 0 Å². The van der Waals surface area contributed by atoms with Crippen LogP contribution in [0.1, 0.15) is 44.7 Å². The maximum absolute atomic E-state index is 12.6. The number of nitrogens with one attached hydrogen (secondary N) is 2. The third-order valence-corrected chi connectivity index (χ3v) is 4.61. The third kappa shape index (κ3) is 4.18. The summed E-state index contributed by atoms with van der Waals surface area (Å²) in [5.41, 5.74) is 1.67. The van der Waals surface area contributed by atoms with Crippen molar-refractivity contribution in [2.24, 2.45) is 5.92 Å². The van der Waals surface area contributed by atoms with Gasteiger partial charge in [0.2, 0.25) is 5.91 Å². The Hall–Kier alpha value is -2.37. The van der Waals surface area contributed by atoms with Crippen molar-refractivity contribution < 1.29 is 14.4 Å². The second-order valence-corrected chi connectivity index (χ2v) is 7.40. The minimum absolute atomic E-state index is 0.282. The van der Waals surface area contributed by atoms with E-state index in [4.69, 9.17) is 0 Å². The van der Waals surface area contributed by atoms with Gasteiger partial charge in [-0.05, 0) is 50.7 Å². The lowest BCUT2D eigenvalue weighted by molar-refractivity contribution is -0.133. The molecule has 1 aliphatic rings. The zero-order valence-corrected chi connectivity index (χ0v) is 15.6. The van der Waals surface area contributed by atoms with Crippen molar-refractivity contribution >= 4 is 23.5 Å². The van der Waals surface area contributed by atoms with E-state index < -0.39 is 11.6 Å². The molecule has 0 aromatic heterocycles. The topological polar surface area (TPSA) is 78.5 Å². The summed E-state index contributed by atoms with van der Waals surface area (Å²) in [4.78, 5) is 38.2. The van der Waals surface area contributed by atoms with Crippen LogP contribution in [0.15, 0.2) is 18.2 Å². The maximum Gasteiger partial charge on any atom is 0.325 e. The van der Waals surface area contributed by atoms with Crippen LogP contribution in [0.3, 0.4) is 0 Å². The normalized spacial score (nSPS) is 20.2. The van der Waals surface area contributed by atoms with Gasteiger partial charge in [-0.25, -0.2) is 4.79 Å². The molecular weight excluding hydrogens is 318 g/mol. The summed E-state index contributed by atoms with van der Waals surface area (Å²) in [7, 11) is 0. The molecule has 1 aromatic carbocycles. The van der Waals surface area contributed by atoms with E-state index in [0.29, 0.717) is 12.3 Å². The summed E-state index contributed by atoms with van der Waals surface area (Å²) >= 11 is 0.